The van der Waals surface area contributed by atoms with Gasteiger partial charge in [0, 0.05) is 17.5 Å². The van der Waals surface area contributed by atoms with Crippen molar-refractivity contribution in [3.05, 3.63) is 108 Å². The van der Waals surface area contributed by atoms with Crippen LogP contribution in [0.1, 0.15) is 49.0 Å². The van der Waals surface area contributed by atoms with Gasteiger partial charge < -0.3 is 14.4 Å². The fourth-order valence-electron chi connectivity index (χ4n) is 4.80. The molecule has 0 saturated heterocycles. The molecule has 0 fully saturated rings. The minimum Gasteiger partial charge on any atom is -0.494 e. The summed E-state index contributed by atoms with van der Waals surface area (Å²) in [6.45, 7) is 7.25. The predicted molar refractivity (Wildman–Crippen MR) is 139 cm³/mol. The average molecular weight is 467 g/mol. The molecule has 1 amide bonds. The molecule has 2 aliphatic heterocycles. The molecule has 5 heteroatoms. The van der Waals surface area contributed by atoms with Gasteiger partial charge >= 0.3 is 0 Å². The quantitative estimate of drug-likeness (QED) is 0.277. The van der Waals surface area contributed by atoms with E-state index in [0.717, 1.165) is 41.0 Å². The molecule has 2 atom stereocenters. The first-order valence-electron chi connectivity index (χ1n) is 12.2. The van der Waals surface area contributed by atoms with Gasteiger partial charge in [0.15, 0.2) is 11.6 Å². The lowest BCUT2D eigenvalue weighted by Gasteiger charge is -2.41. The number of fused-ring (bicyclic) bond motifs is 3. The lowest BCUT2D eigenvalue weighted by Crippen LogP contribution is -2.53. The lowest BCUT2D eigenvalue weighted by atomic mass is 9.80. The number of para-hydroxylation sites is 1. The van der Waals surface area contributed by atoms with E-state index < -0.39 is 11.6 Å². The number of nitrogens with zero attached hydrogens (tertiary/aromatic N) is 2. The Balaban J connectivity index is 1.52. The minimum atomic E-state index is -1.09. The van der Waals surface area contributed by atoms with Crippen LogP contribution in [-0.2, 0) is 16.1 Å². The monoisotopic (exact) mass is 466 g/mol. The number of unbranched alkanes of at least 4 members (excludes halogenated alkanes) is 1. The third-order valence-electron chi connectivity index (χ3n) is 6.60. The highest BCUT2D eigenvalue weighted by atomic mass is 16.5. The van der Waals surface area contributed by atoms with E-state index in [-0.39, 0.29) is 5.91 Å². The van der Waals surface area contributed by atoms with Crippen LogP contribution in [0, 0.1) is 0 Å². The van der Waals surface area contributed by atoms with E-state index in [9.17, 15) is 4.79 Å². The first-order valence-corrected chi connectivity index (χ1v) is 12.2. The van der Waals surface area contributed by atoms with Crippen LogP contribution in [0.3, 0.4) is 0 Å². The third-order valence-corrected chi connectivity index (χ3v) is 6.60. The Bertz CT molecular complexity index is 1240. The first-order chi connectivity index (χ1) is 17.2. The Morgan fingerprint density at radius 2 is 1.80 bits per heavy atom. The summed E-state index contributed by atoms with van der Waals surface area (Å²) in [6.07, 6.45) is 3.75. The molecule has 0 saturated carbocycles. The molecule has 2 aliphatic rings. The summed E-state index contributed by atoms with van der Waals surface area (Å²) >= 11 is 0. The molecule has 0 spiro atoms. The van der Waals surface area contributed by atoms with Crippen molar-refractivity contribution >= 4 is 17.5 Å². The molecule has 0 radical (unpaired) electrons. The minimum absolute atomic E-state index is 0.0699. The van der Waals surface area contributed by atoms with Crippen LogP contribution >= 0.6 is 0 Å². The molecule has 0 bridgehead atoms. The molecular weight excluding hydrogens is 436 g/mol. The van der Waals surface area contributed by atoms with Gasteiger partial charge in [-0.25, -0.2) is 4.99 Å². The van der Waals surface area contributed by atoms with Gasteiger partial charge in [0.2, 0.25) is 5.90 Å². The molecule has 2 heterocycles. The standard InChI is InChI=1S/C30H30N2O3/c1-3-5-20-34-24-17-15-23(16-18-24)28-31-30(19-4-2)27(35-28)25-13-9-10-14-26(25)32(29(30)33)21-22-11-7-6-8-12-22/h4,6-18,27H,2-3,5,19-21H2,1H3/t27-,30-/m1/s1. The van der Waals surface area contributed by atoms with E-state index in [0.29, 0.717) is 25.5 Å². The lowest BCUT2D eigenvalue weighted by molar-refractivity contribution is -0.127. The molecule has 178 valence electrons. The summed E-state index contributed by atoms with van der Waals surface area (Å²) in [7, 11) is 0. The molecule has 5 nitrogen and oxygen atoms in total. The van der Waals surface area contributed by atoms with E-state index in [1.165, 1.54) is 0 Å². The van der Waals surface area contributed by atoms with Gasteiger partial charge in [0.05, 0.1) is 18.8 Å². The van der Waals surface area contributed by atoms with Gasteiger partial charge in [-0.15, -0.1) is 6.58 Å². The number of carbonyl (C=O) groups excluding carboxylic acids is 1. The summed E-state index contributed by atoms with van der Waals surface area (Å²) in [5, 5.41) is 0. The van der Waals surface area contributed by atoms with E-state index in [4.69, 9.17) is 14.5 Å². The molecule has 35 heavy (non-hydrogen) atoms. The van der Waals surface area contributed by atoms with Crippen molar-refractivity contribution in [1.82, 2.24) is 0 Å². The van der Waals surface area contributed by atoms with Crippen molar-refractivity contribution in [1.29, 1.82) is 0 Å². The van der Waals surface area contributed by atoms with Crippen LogP contribution < -0.4 is 9.64 Å². The number of aliphatic imine (C=N–C) groups is 1. The Kier molecular flexibility index (Phi) is 6.41. The molecule has 0 aliphatic carbocycles. The zero-order valence-corrected chi connectivity index (χ0v) is 20.0. The highest BCUT2D eigenvalue weighted by Gasteiger charge is 2.58. The highest BCUT2D eigenvalue weighted by Crippen LogP contribution is 2.50. The molecular formula is C30H30N2O3. The number of benzene rings is 3. The van der Waals surface area contributed by atoms with Crippen molar-refractivity contribution in [3.63, 3.8) is 0 Å². The van der Waals surface area contributed by atoms with Crippen molar-refractivity contribution < 1.29 is 14.3 Å². The molecule has 5 rings (SSSR count). The predicted octanol–water partition coefficient (Wildman–Crippen LogP) is 6.25. The maximum Gasteiger partial charge on any atom is 0.259 e. The number of rotatable bonds is 9. The van der Waals surface area contributed by atoms with Crippen LogP contribution in [0.25, 0.3) is 0 Å². The fourth-order valence-corrected chi connectivity index (χ4v) is 4.80. The Morgan fingerprint density at radius 1 is 1.06 bits per heavy atom. The van der Waals surface area contributed by atoms with Crippen LogP contribution in [0.4, 0.5) is 5.69 Å². The molecule has 3 aromatic rings. The van der Waals surface area contributed by atoms with Gasteiger partial charge in [-0.1, -0.05) is 68.0 Å². The molecule has 0 aromatic heterocycles. The SMILES string of the molecule is C=CC[C@@]12N=C(c3ccc(OCCCC)cc3)O[C@@H]1c1ccccc1N(Cc1ccccc1)C2=O. The second-order valence-corrected chi connectivity index (χ2v) is 8.99. The normalized spacial score (nSPS) is 20.5. The van der Waals surface area contributed by atoms with Crippen molar-refractivity contribution in [2.45, 2.75) is 44.4 Å². The Hall–Kier alpha value is -3.86. The van der Waals surface area contributed by atoms with Gasteiger partial charge in [0.25, 0.3) is 5.91 Å². The summed E-state index contributed by atoms with van der Waals surface area (Å²) in [5.74, 6) is 1.22. The highest BCUT2D eigenvalue weighted by molar-refractivity contribution is 6.09. The zero-order chi connectivity index (χ0) is 24.3. The topological polar surface area (TPSA) is 51.1 Å². The van der Waals surface area contributed by atoms with Crippen molar-refractivity contribution in [3.8, 4) is 5.75 Å². The van der Waals surface area contributed by atoms with Gasteiger partial charge in [0.1, 0.15) is 5.75 Å². The van der Waals surface area contributed by atoms with Crippen LogP contribution in [0.2, 0.25) is 0 Å². The molecule has 0 N–H and O–H groups in total. The Morgan fingerprint density at radius 3 is 2.54 bits per heavy atom. The number of hydrogen-bond donors (Lipinski definition) is 0. The van der Waals surface area contributed by atoms with E-state index >= 15 is 0 Å². The number of anilines is 1. The van der Waals surface area contributed by atoms with E-state index in [2.05, 4.69) is 13.5 Å². The summed E-state index contributed by atoms with van der Waals surface area (Å²) in [4.78, 5) is 20.9. The third kappa shape index (κ3) is 4.23. The maximum atomic E-state index is 14.1. The van der Waals surface area contributed by atoms with E-state index in [1.807, 2.05) is 83.8 Å². The van der Waals surface area contributed by atoms with Crippen molar-refractivity contribution in [2.75, 3.05) is 11.5 Å². The van der Waals surface area contributed by atoms with Crippen LogP contribution in [-0.4, -0.2) is 24.0 Å². The second-order valence-electron chi connectivity index (χ2n) is 8.99. The first kappa shape index (κ1) is 22.9. The Labute approximate surface area is 206 Å². The smallest absolute Gasteiger partial charge is 0.259 e. The maximum absolute atomic E-state index is 14.1. The largest absolute Gasteiger partial charge is 0.494 e. The number of carbonyl (C=O) groups is 1. The van der Waals surface area contributed by atoms with Gasteiger partial charge in [-0.3, -0.25) is 4.79 Å². The molecule has 3 aromatic carbocycles. The summed E-state index contributed by atoms with van der Waals surface area (Å²) in [6, 6.07) is 25.7. The molecule has 0 unspecified atom stereocenters. The fraction of sp³-hybridized carbons (Fsp3) is 0.267. The van der Waals surface area contributed by atoms with Crippen molar-refractivity contribution in [2.24, 2.45) is 4.99 Å². The second kappa shape index (κ2) is 9.79. The number of hydrogen-bond acceptors (Lipinski definition) is 4. The van der Waals surface area contributed by atoms with Gasteiger partial charge in [-0.05, 0) is 42.3 Å². The van der Waals surface area contributed by atoms with Crippen LogP contribution in [0.5, 0.6) is 5.75 Å². The zero-order valence-electron chi connectivity index (χ0n) is 20.0. The van der Waals surface area contributed by atoms with Gasteiger partial charge in [-0.2, -0.15) is 0 Å². The summed E-state index contributed by atoms with van der Waals surface area (Å²) < 4.78 is 12.3. The number of ether oxygens (including phenoxy) is 2. The summed E-state index contributed by atoms with van der Waals surface area (Å²) in [5.41, 5.74) is 2.62. The average Bonchev–Trinajstić information content (AvgIpc) is 3.29. The number of amides is 1. The van der Waals surface area contributed by atoms with Crippen LogP contribution in [0.15, 0.2) is 96.5 Å². The van der Waals surface area contributed by atoms with E-state index in [1.54, 1.807) is 6.08 Å².